The quantitative estimate of drug-likeness (QED) is 0.707. The SMILES string of the molecule is CC(C)CC(O)CNc1cc2n[nH]c(=O)n2cn1. The van der Waals surface area contributed by atoms with Crippen LogP contribution in [0.1, 0.15) is 20.3 Å². The van der Waals surface area contributed by atoms with Crippen LogP contribution in [0.4, 0.5) is 5.82 Å². The van der Waals surface area contributed by atoms with Crippen LogP contribution in [0.2, 0.25) is 0 Å². The molecule has 0 spiro atoms. The molecule has 0 bridgehead atoms. The first-order valence-electron chi connectivity index (χ1n) is 5.91. The van der Waals surface area contributed by atoms with Gasteiger partial charge in [-0.15, -0.1) is 0 Å². The molecular weight excluding hydrogens is 234 g/mol. The minimum Gasteiger partial charge on any atom is -0.391 e. The fourth-order valence-electron chi connectivity index (χ4n) is 1.76. The first-order valence-corrected chi connectivity index (χ1v) is 5.91. The number of anilines is 1. The van der Waals surface area contributed by atoms with Gasteiger partial charge in [-0.3, -0.25) is 0 Å². The Morgan fingerprint density at radius 2 is 2.33 bits per heavy atom. The first-order chi connectivity index (χ1) is 8.56. The summed E-state index contributed by atoms with van der Waals surface area (Å²) >= 11 is 0. The van der Waals surface area contributed by atoms with Gasteiger partial charge >= 0.3 is 5.69 Å². The Hall–Kier alpha value is -1.89. The van der Waals surface area contributed by atoms with E-state index in [9.17, 15) is 9.90 Å². The third-order valence-corrected chi connectivity index (χ3v) is 2.57. The monoisotopic (exact) mass is 251 g/mol. The van der Waals surface area contributed by atoms with Gasteiger partial charge in [-0.1, -0.05) is 13.8 Å². The molecule has 2 aromatic rings. The lowest BCUT2D eigenvalue weighted by molar-refractivity contribution is 0.161. The molecule has 2 aromatic heterocycles. The van der Waals surface area contributed by atoms with Crippen molar-refractivity contribution in [2.45, 2.75) is 26.4 Å². The molecule has 0 saturated heterocycles. The van der Waals surface area contributed by atoms with Gasteiger partial charge in [0, 0.05) is 12.6 Å². The van der Waals surface area contributed by atoms with Crippen LogP contribution < -0.4 is 11.0 Å². The molecule has 0 radical (unpaired) electrons. The zero-order valence-corrected chi connectivity index (χ0v) is 10.4. The average Bonchev–Trinajstić information content (AvgIpc) is 2.67. The number of nitrogens with one attached hydrogen (secondary N) is 2. The zero-order chi connectivity index (χ0) is 13.1. The van der Waals surface area contributed by atoms with Crippen molar-refractivity contribution in [3.05, 3.63) is 22.9 Å². The van der Waals surface area contributed by atoms with Crippen molar-refractivity contribution in [1.82, 2.24) is 19.6 Å². The Morgan fingerprint density at radius 3 is 3.06 bits per heavy atom. The van der Waals surface area contributed by atoms with E-state index in [-0.39, 0.29) is 5.69 Å². The number of aromatic amines is 1. The molecule has 2 rings (SSSR count). The van der Waals surface area contributed by atoms with E-state index >= 15 is 0 Å². The number of aliphatic hydroxyl groups excluding tert-OH is 1. The van der Waals surface area contributed by atoms with Crippen molar-refractivity contribution >= 4 is 11.5 Å². The van der Waals surface area contributed by atoms with E-state index in [0.717, 1.165) is 6.42 Å². The summed E-state index contributed by atoms with van der Waals surface area (Å²) in [7, 11) is 0. The van der Waals surface area contributed by atoms with E-state index in [4.69, 9.17) is 0 Å². The second-order valence-electron chi connectivity index (χ2n) is 4.70. The van der Waals surface area contributed by atoms with Crippen molar-refractivity contribution in [3.63, 3.8) is 0 Å². The summed E-state index contributed by atoms with van der Waals surface area (Å²) in [6.07, 6.45) is 1.72. The Kier molecular flexibility index (Phi) is 3.61. The van der Waals surface area contributed by atoms with Crippen LogP contribution in [0.15, 0.2) is 17.2 Å². The smallest absolute Gasteiger partial charge is 0.348 e. The van der Waals surface area contributed by atoms with Crippen molar-refractivity contribution in [2.75, 3.05) is 11.9 Å². The summed E-state index contributed by atoms with van der Waals surface area (Å²) < 4.78 is 1.32. The van der Waals surface area contributed by atoms with Crippen LogP contribution in [-0.2, 0) is 0 Å². The Morgan fingerprint density at radius 1 is 1.56 bits per heavy atom. The molecule has 0 aliphatic carbocycles. The highest BCUT2D eigenvalue weighted by Gasteiger charge is 2.08. The van der Waals surface area contributed by atoms with Crippen LogP contribution in [-0.4, -0.2) is 37.3 Å². The predicted octanol–water partition coefficient (Wildman–Crippen LogP) is 0.236. The molecule has 1 atom stereocenters. The van der Waals surface area contributed by atoms with Gasteiger partial charge in [0.2, 0.25) is 0 Å². The van der Waals surface area contributed by atoms with Crippen molar-refractivity contribution in [2.24, 2.45) is 5.92 Å². The van der Waals surface area contributed by atoms with E-state index in [1.165, 1.54) is 10.7 Å². The Bertz CT molecular complexity index is 574. The van der Waals surface area contributed by atoms with E-state index in [0.29, 0.717) is 23.9 Å². The molecule has 2 heterocycles. The van der Waals surface area contributed by atoms with Crippen molar-refractivity contribution in [1.29, 1.82) is 0 Å². The second-order valence-corrected chi connectivity index (χ2v) is 4.70. The van der Waals surface area contributed by atoms with Crippen molar-refractivity contribution < 1.29 is 5.11 Å². The number of H-pyrrole nitrogens is 1. The molecule has 7 heteroatoms. The lowest BCUT2D eigenvalue weighted by atomic mass is 10.1. The maximum atomic E-state index is 11.2. The molecular formula is C11H17N5O2. The normalized spacial score (nSPS) is 13.1. The maximum Gasteiger partial charge on any atom is 0.348 e. The van der Waals surface area contributed by atoms with Crippen LogP contribution in [0.5, 0.6) is 0 Å². The molecule has 98 valence electrons. The van der Waals surface area contributed by atoms with Gasteiger partial charge in [-0.05, 0) is 12.3 Å². The number of fused-ring (bicyclic) bond motifs is 1. The van der Waals surface area contributed by atoms with Crippen LogP contribution in [0, 0.1) is 5.92 Å². The van der Waals surface area contributed by atoms with Crippen LogP contribution in [0.25, 0.3) is 5.65 Å². The highest BCUT2D eigenvalue weighted by molar-refractivity contribution is 5.48. The predicted molar refractivity (Wildman–Crippen MR) is 67.6 cm³/mol. The van der Waals surface area contributed by atoms with Gasteiger partial charge in [0.15, 0.2) is 5.65 Å². The number of nitrogens with zero attached hydrogens (tertiary/aromatic N) is 3. The fourth-order valence-corrected chi connectivity index (χ4v) is 1.76. The summed E-state index contributed by atoms with van der Waals surface area (Å²) in [5.41, 5.74) is 0.180. The summed E-state index contributed by atoms with van der Waals surface area (Å²) in [5.74, 6) is 1.03. The number of rotatable bonds is 5. The summed E-state index contributed by atoms with van der Waals surface area (Å²) in [5, 5.41) is 18.9. The second kappa shape index (κ2) is 5.18. The molecule has 0 fully saturated rings. The minimum absolute atomic E-state index is 0.316. The van der Waals surface area contributed by atoms with Crippen LogP contribution in [0.3, 0.4) is 0 Å². The van der Waals surface area contributed by atoms with E-state index < -0.39 is 6.10 Å². The number of hydrogen-bond donors (Lipinski definition) is 3. The summed E-state index contributed by atoms with van der Waals surface area (Å²) in [6.45, 7) is 4.54. The minimum atomic E-state index is -0.413. The number of aliphatic hydroxyl groups is 1. The molecule has 0 aliphatic heterocycles. The maximum absolute atomic E-state index is 11.2. The third-order valence-electron chi connectivity index (χ3n) is 2.57. The van der Waals surface area contributed by atoms with E-state index in [1.54, 1.807) is 6.07 Å². The molecule has 0 aromatic carbocycles. The number of aromatic nitrogens is 4. The van der Waals surface area contributed by atoms with E-state index in [2.05, 4.69) is 34.3 Å². The van der Waals surface area contributed by atoms with Crippen LogP contribution >= 0.6 is 0 Å². The highest BCUT2D eigenvalue weighted by Crippen LogP contribution is 2.07. The summed E-state index contributed by atoms with van der Waals surface area (Å²) in [6, 6.07) is 1.65. The molecule has 3 N–H and O–H groups in total. The zero-order valence-electron chi connectivity index (χ0n) is 10.4. The van der Waals surface area contributed by atoms with Crippen molar-refractivity contribution in [3.8, 4) is 0 Å². The Labute approximate surface area is 104 Å². The van der Waals surface area contributed by atoms with Gasteiger partial charge in [0.05, 0.1) is 6.10 Å². The van der Waals surface area contributed by atoms with E-state index in [1.807, 2.05) is 0 Å². The van der Waals surface area contributed by atoms with Gasteiger partial charge < -0.3 is 10.4 Å². The first kappa shape index (κ1) is 12.6. The highest BCUT2D eigenvalue weighted by atomic mass is 16.3. The van der Waals surface area contributed by atoms with Gasteiger partial charge in [-0.2, -0.15) is 5.10 Å². The average molecular weight is 251 g/mol. The number of hydrogen-bond acceptors (Lipinski definition) is 5. The largest absolute Gasteiger partial charge is 0.391 e. The molecule has 7 nitrogen and oxygen atoms in total. The topological polar surface area (TPSA) is 95.3 Å². The van der Waals surface area contributed by atoms with Gasteiger partial charge in [0.25, 0.3) is 0 Å². The van der Waals surface area contributed by atoms with Gasteiger partial charge in [0.1, 0.15) is 12.1 Å². The Balaban J connectivity index is 2.01. The molecule has 0 aliphatic rings. The molecule has 0 amide bonds. The molecule has 0 saturated carbocycles. The molecule has 18 heavy (non-hydrogen) atoms. The fraction of sp³-hybridized carbons (Fsp3) is 0.545. The summed E-state index contributed by atoms with van der Waals surface area (Å²) in [4.78, 5) is 15.3. The van der Waals surface area contributed by atoms with Gasteiger partial charge in [-0.25, -0.2) is 19.3 Å². The lowest BCUT2D eigenvalue weighted by Crippen LogP contribution is -2.21. The third kappa shape index (κ3) is 2.86. The lowest BCUT2D eigenvalue weighted by Gasteiger charge is -2.13. The standard InChI is InChI=1S/C11H17N5O2/c1-7(2)3-8(17)5-12-9-4-10-14-15-11(18)16(10)6-13-9/h4,6-8,12,17H,3,5H2,1-2H3,(H,15,18). The molecule has 1 unspecified atom stereocenters.